The molecule has 0 aliphatic heterocycles. The molecule has 2 heterocycles. The maximum atomic E-state index is 10.7. The molecule has 2 rings (SSSR count). The molecule has 1 N–H and O–H groups in total. The van der Waals surface area contributed by atoms with Gasteiger partial charge in [-0.25, -0.2) is 24.7 Å². The molecule has 2 aromatic heterocycles. The number of hydrogen-bond acceptors (Lipinski definition) is 5. The monoisotopic (exact) mass is 216 g/mol. The first-order valence-corrected chi connectivity index (χ1v) is 4.52. The average Bonchev–Trinajstić information content (AvgIpc) is 2.30. The van der Waals surface area contributed by atoms with Crippen molar-refractivity contribution in [3.63, 3.8) is 0 Å². The number of nitrogens with zero attached hydrogens (tertiary/aromatic N) is 4. The van der Waals surface area contributed by atoms with Crippen molar-refractivity contribution in [2.75, 3.05) is 0 Å². The first kappa shape index (κ1) is 10.2. The quantitative estimate of drug-likeness (QED) is 0.803. The van der Waals surface area contributed by atoms with Gasteiger partial charge in [-0.1, -0.05) is 0 Å². The van der Waals surface area contributed by atoms with E-state index in [4.69, 9.17) is 5.11 Å². The molecule has 2 aromatic rings. The van der Waals surface area contributed by atoms with Gasteiger partial charge in [0, 0.05) is 18.6 Å². The van der Waals surface area contributed by atoms with Crippen molar-refractivity contribution in [1.29, 1.82) is 0 Å². The van der Waals surface area contributed by atoms with Crippen LogP contribution in [0, 0.1) is 6.92 Å². The van der Waals surface area contributed by atoms with Gasteiger partial charge in [-0.15, -0.1) is 0 Å². The van der Waals surface area contributed by atoms with Crippen molar-refractivity contribution in [3.8, 4) is 11.6 Å². The molecule has 0 radical (unpaired) electrons. The van der Waals surface area contributed by atoms with E-state index in [-0.39, 0.29) is 11.5 Å². The SMILES string of the molecule is Cc1cnc(-c2nccc(C(=O)O)n2)nc1. The average molecular weight is 216 g/mol. The molecule has 80 valence electrons. The van der Waals surface area contributed by atoms with Crippen LogP contribution in [0.25, 0.3) is 11.6 Å². The van der Waals surface area contributed by atoms with E-state index in [1.807, 2.05) is 6.92 Å². The van der Waals surface area contributed by atoms with Crippen molar-refractivity contribution < 1.29 is 9.90 Å². The molecule has 0 bridgehead atoms. The van der Waals surface area contributed by atoms with Crippen molar-refractivity contribution in [2.45, 2.75) is 6.92 Å². The van der Waals surface area contributed by atoms with Crippen molar-refractivity contribution in [3.05, 3.63) is 35.9 Å². The van der Waals surface area contributed by atoms with Crippen molar-refractivity contribution in [1.82, 2.24) is 19.9 Å². The van der Waals surface area contributed by atoms with Gasteiger partial charge in [0.1, 0.15) is 0 Å². The lowest BCUT2D eigenvalue weighted by Gasteiger charge is -1.99. The fourth-order valence-corrected chi connectivity index (χ4v) is 1.09. The molecule has 0 unspecified atom stereocenters. The van der Waals surface area contributed by atoms with Gasteiger partial charge in [0.15, 0.2) is 17.3 Å². The predicted octanol–water partition coefficient (Wildman–Crippen LogP) is 0.940. The molecule has 0 atom stereocenters. The Morgan fingerprint density at radius 1 is 1.19 bits per heavy atom. The fourth-order valence-electron chi connectivity index (χ4n) is 1.09. The largest absolute Gasteiger partial charge is 0.477 e. The minimum Gasteiger partial charge on any atom is -0.477 e. The number of rotatable bonds is 2. The van der Waals surface area contributed by atoms with Crippen LogP contribution < -0.4 is 0 Å². The number of carboxylic acids is 1. The van der Waals surface area contributed by atoms with E-state index < -0.39 is 5.97 Å². The normalized spacial score (nSPS) is 10.1. The Labute approximate surface area is 91.1 Å². The number of aryl methyl sites for hydroxylation is 1. The Bertz CT molecular complexity index is 525. The van der Waals surface area contributed by atoms with Crippen LogP contribution in [0.15, 0.2) is 24.7 Å². The van der Waals surface area contributed by atoms with Crippen molar-refractivity contribution >= 4 is 5.97 Å². The summed E-state index contributed by atoms with van der Waals surface area (Å²) in [4.78, 5) is 26.5. The zero-order chi connectivity index (χ0) is 11.5. The van der Waals surface area contributed by atoms with Crippen molar-refractivity contribution in [2.24, 2.45) is 0 Å². The van der Waals surface area contributed by atoms with E-state index >= 15 is 0 Å². The molecule has 0 amide bonds. The third kappa shape index (κ3) is 2.00. The van der Waals surface area contributed by atoms with Crippen LogP contribution in [0.4, 0.5) is 0 Å². The Balaban J connectivity index is 2.44. The van der Waals surface area contributed by atoms with E-state index in [9.17, 15) is 4.79 Å². The number of carbonyl (C=O) groups is 1. The van der Waals surface area contributed by atoms with Crippen LogP contribution in [0.1, 0.15) is 16.1 Å². The molecule has 6 heteroatoms. The Kier molecular flexibility index (Phi) is 2.55. The molecule has 0 aliphatic carbocycles. The van der Waals surface area contributed by atoms with Crippen LogP contribution in [0.3, 0.4) is 0 Å². The van der Waals surface area contributed by atoms with E-state index in [0.717, 1.165) is 5.56 Å². The van der Waals surface area contributed by atoms with Gasteiger partial charge in [-0.3, -0.25) is 0 Å². The number of hydrogen-bond donors (Lipinski definition) is 1. The number of aromatic carboxylic acids is 1. The molecule has 0 fully saturated rings. The van der Waals surface area contributed by atoms with Gasteiger partial charge in [0.05, 0.1) is 0 Å². The number of aromatic nitrogens is 4. The lowest BCUT2D eigenvalue weighted by molar-refractivity contribution is 0.0690. The highest BCUT2D eigenvalue weighted by atomic mass is 16.4. The van der Waals surface area contributed by atoms with Crippen LogP contribution in [-0.2, 0) is 0 Å². The minimum absolute atomic E-state index is 0.0748. The summed E-state index contributed by atoms with van der Waals surface area (Å²) in [5.41, 5.74) is 0.840. The summed E-state index contributed by atoms with van der Waals surface area (Å²) in [5.74, 6) is -0.579. The van der Waals surface area contributed by atoms with Crippen LogP contribution in [0.2, 0.25) is 0 Å². The second-order valence-electron chi connectivity index (χ2n) is 3.15. The Hall–Kier alpha value is -2.37. The van der Waals surface area contributed by atoms with Gasteiger partial charge in [0.25, 0.3) is 0 Å². The second-order valence-corrected chi connectivity index (χ2v) is 3.15. The minimum atomic E-state index is -1.10. The fraction of sp³-hybridized carbons (Fsp3) is 0.100. The molecule has 0 aliphatic rings. The van der Waals surface area contributed by atoms with Crippen LogP contribution >= 0.6 is 0 Å². The molecule has 0 saturated heterocycles. The molecular weight excluding hydrogens is 208 g/mol. The maximum absolute atomic E-state index is 10.7. The summed E-state index contributed by atoms with van der Waals surface area (Å²) in [6.07, 6.45) is 4.62. The summed E-state index contributed by atoms with van der Waals surface area (Å²) in [5, 5.41) is 8.77. The first-order valence-electron chi connectivity index (χ1n) is 4.52. The highest BCUT2D eigenvalue weighted by Gasteiger charge is 2.09. The molecule has 6 nitrogen and oxygen atoms in total. The summed E-state index contributed by atoms with van der Waals surface area (Å²) in [6.45, 7) is 1.86. The molecule has 0 spiro atoms. The third-order valence-corrected chi connectivity index (χ3v) is 1.86. The number of carboxylic acid groups (broad SMARTS) is 1. The Morgan fingerprint density at radius 2 is 1.88 bits per heavy atom. The lowest BCUT2D eigenvalue weighted by Crippen LogP contribution is -2.03. The Morgan fingerprint density at radius 3 is 2.50 bits per heavy atom. The predicted molar refractivity (Wildman–Crippen MR) is 54.8 cm³/mol. The van der Waals surface area contributed by atoms with Gasteiger partial charge < -0.3 is 5.11 Å². The molecule has 0 aromatic carbocycles. The van der Waals surface area contributed by atoms with Gasteiger partial charge >= 0.3 is 5.97 Å². The van der Waals surface area contributed by atoms with E-state index in [2.05, 4.69) is 19.9 Å². The smallest absolute Gasteiger partial charge is 0.354 e. The van der Waals surface area contributed by atoms with E-state index in [1.165, 1.54) is 12.3 Å². The third-order valence-electron chi connectivity index (χ3n) is 1.86. The highest BCUT2D eigenvalue weighted by molar-refractivity contribution is 5.85. The van der Waals surface area contributed by atoms with E-state index in [1.54, 1.807) is 12.4 Å². The van der Waals surface area contributed by atoms with Gasteiger partial charge in [-0.05, 0) is 18.6 Å². The zero-order valence-corrected chi connectivity index (χ0v) is 8.45. The zero-order valence-electron chi connectivity index (χ0n) is 8.45. The summed E-state index contributed by atoms with van der Waals surface area (Å²) >= 11 is 0. The maximum Gasteiger partial charge on any atom is 0.354 e. The topological polar surface area (TPSA) is 88.9 Å². The first-order chi connectivity index (χ1) is 7.66. The molecular formula is C10H8N4O2. The molecule has 16 heavy (non-hydrogen) atoms. The summed E-state index contributed by atoms with van der Waals surface area (Å²) in [6, 6.07) is 1.32. The molecule has 0 saturated carbocycles. The van der Waals surface area contributed by atoms with Gasteiger partial charge in [-0.2, -0.15) is 0 Å². The van der Waals surface area contributed by atoms with Crippen LogP contribution in [0.5, 0.6) is 0 Å². The second kappa shape index (κ2) is 4.01. The summed E-state index contributed by atoms with van der Waals surface area (Å²) in [7, 11) is 0. The summed E-state index contributed by atoms with van der Waals surface area (Å²) < 4.78 is 0. The standard InChI is InChI=1S/C10H8N4O2/c1-6-4-12-8(13-5-6)9-11-3-2-7(14-9)10(15)16/h2-5H,1H3,(H,15,16). The van der Waals surface area contributed by atoms with E-state index in [0.29, 0.717) is 5.82 Å². The lowest BCUT2D eigenvalue weighted by atomic mass is 10.3. The van der Waals surface area contributed by atoms with Gasteiger partial charge in [0.2, 0.25) is 0 Å². The van der Waals surface area contributed by atoms with Crippen LogP contribution in [-0.4, -0.2) is 31.0 Å². The highest BCUT2D eigenvalue weighted by Crippen LogP contribution is 2.08.